The molecule has 0 aliphatic carbocycles. The molecule has 7 heteroatoms. The number of aromatic nitrogens is 3. The highest BCUT2D eigenvalue weighted by Gasteiger charge is 2.08. The van der Waals surface area contributed by atoms with E-state index in [9.17, 15) is 4.39 Å². The van der Waals surface area contributed by atoms with Crippen LogP contribution < -0.4 is 5.32 Å². The van der Waals surface area contributed by atoms with Crippen molar-refractivity contribution in [3.63, 3.8) is 0 Å². The number of halogens is 3. The fourth-order valence-electron chi connectivity index (χ4n) is 1.66. The first kappa shape index (κ1) is 14.1. The van der Waals surface area contributed by atoms with E-state index in [0.29, 0.717) is 12.2 Å². The van der Waals surface area contributed by atoms with Crippen LogP contribution in [0.2, 0.25) is 10.0 Å². The van der Waals surface area contributed by atoms with E-state index in [1.807, 2.05) is 4.68 Å². The van der Waals surface area contributed by atoms with Crippen LogP contribution in [0.4, 0.5) is 10.1 Å². The molecule has 1 aromatic heterocycles. The molecule has 4 nitrogen and oxygen atoms in total. The zero-order chi connectivity index (χ0) is 13.8. The third-order valence-electron chi connectivity index (χ3n) is 2.57. The van der Waals surface area contributed by atoms with Gasteiger partial charge in [0.15, 0.2) is 5.82 Å². The van der Waals surface area contributed by atoms with E-state index in [-0.39, 0.29) is 10.0 Å². The molecule has 0 aliphatic rings. The van der Waals surface area contributed by atoms with E-state index >= 15 is 0 Å². The Morgan fingerprint density at radius 3 is 2.63 bits per heavy atom. The first-order chi connectivity index (χ1) is 9.11. The fourth-order valence-corrected chi connectivity index (χ4v) is 2.15. The lowest BCUT2D eigenvalue weighted by Crippen LogP contribution is -2.10. The van der Waals surface area contributed by atoms with Gasteiger partial charge in [-0.2, -0.15) is 5.10 Å². The minimum absolute atomic E-state index is 0.00924. The van der Waals surface area contributed by atoms with Crippen molar-refractivity contribution >= 4 is 28.9 Å². The topological polar surface area (TPSA) is 42.7 Å². The molecule has 0 aliphatic heterocycles. The number of benzene rings is 1. The predicted molar refractivity (Wildman–Crippen MR) is 74.1 cm³/mol. The molecule has 0 bridgehead atoms. The van der Waals surface area contributed by atoms with Crippen LogP contribution in [0.3, 0.4) is 0 Å². The summed E-state index contributed by atoms with van der Waals surface area (Å²) in [5.74, 6) is 0.196. The zero-order valence-electron chi connectivity index (χ0n) is 10.3. The molecule has 0 fully saturated rings. The summed E-state index contributed by atoms with van der Waals surface area (Å²) >= 11 is 11.5. The van der Waals surface area contributed by atoms with Gasteiger partial charge >= 0.3 is 0 Å². The molecular weight excluding hydrogens is 290 g/mol. The van der Waals surface area contributed by atoms with Gasteiger partial charge in [-0.1, -0.05) is 30.1 Å². The van der Waals surface area contributed by atoms with E-state index in [1.54, 1.807) is 0 Å². The fraction of sp³-hybridized carbons (Fsp3) is 0.333. The van der Waals surface area contributed by atoms with Crippen LogP contribution in [0.15, 0.2) is 18.5 Å². The second kappa shape index (κ2) is 6.21. The highest BCUT2D eigenvalue weighted by Crippen LogP contribution is 2.27. The van der Waals surface area contributed by atoms with Crippen molar-refractivity contribution in [1.29, 1.82) is 0 Å². The first-order valence-electron chi connectivity index (χ1n) is 5.87. The standard InChI is InChI=1S/C12H13Cl2FN4/c1-2-3-19-11(17-7-18-19)6-16-8-4-9(13)12(15)10(14)5-8/h4-5,7,16H,2-3,6H2,1H3. The molecule has 2 aromatic rings. The van der Waals surface area contributed by atoms with E-state index in [0.717, 1.165) is 18.8 Å². The SMILES string of the molecule is CCCn1ncnc1CNc1cc(Cl)c(F)c(Cl)c1. The van der Waals surface area contributed by atoms with Crippen molar-refractivity contribution in [1.82, 2.24) is 14.8 Å². The lowest BCUT2D eigenvalue weighted by Gasteiger charge is -2.09. The second-order valence-electron chi connectivity index (χ2n) is 4.01. The minimum Gasteiger partial charge on any atom is -0.378 e. The Labute approximate surface area is 120 Å². The Morgan fingerprint density at radius 2 is 2.00 bits per heavy atom. The monoisotopic (exact) mass is 302 g/mol. The van der Waals surface area contributed by atoms with E-state index in [2.05, 4.69) is 22.3 Å². The maximum absolute atomic E-state index is 13.3. The summed E-state index contributed by atoms with van der Waals surface area (Å²) in [6, 6.07) is 2.98. The predicted octanol–water partition coefficient (Wildman–Crippen LogP) is 3.75. The molecule has 0 spiro atoms. The summed E-state index contributed by atoms with van der Waals surface area (Å²) in [5.41, 5.74) is 0.641. The Bertz CT molecular complexity index is 548. The normalized spacial score (nSPS) is 10.7. The van der Waals surface area contributed by atoms with Gasteiger partial charge in [0.1, 0.15) is 12.2 Å². The summed E-state index contributed by atoms with van der Waals surface area (Å²) in [5, 5.41) is 7.20. The molecule has 1 heterocycles. The highest BCUT2D eigenvalue weighted by atomic mass is 35.5. The maximum Gasteiger partial charge on any atom is 0.160 e. The number of rotatable bonds is 5. The second-order valence-corrected chi connectivity index (χ2v) is 4.82. The van der Waals surface area contributed by atoms with Gasteiger partial charge in [0.25, 0.3) is 0 Å². The molecule has 2 rings (SSSR count). The largest absolute Gasteiger partial charge is 0.378 e. The molecule has 0 unspecified atom stereocenters. The van der Waals surface area contributed by atoms with Crippen molar-refractivity contribution < 1.29 is 4.39 Å². The Morgan fingerprint density at radius 1 is 1.32 bits per heavy atom. The van der Waals surface area contributed by atoms with E-state index < -0.39 is 5.82 Å². The highest BCUT2D eigenvalue weighted by molar-refractivity contribution is 6.35. The Hall–Kier alpha value is -1.33. The summed E-state index contributed by atoms with van der Waals surface area (Å²) in [7, 11) is 0. The third-order valence-corrected chi connectivity index (χ3v) is 3.12. The third kappa shape index (κ3) is 3.36. The van der Waals surface area contributed by atoms with Crippen LogP contribution >= 0.6 is 23.2 Å². The number of hydrogen-bond acceptors (Lipinski definition) is 3. The van der Waals surface area contributed by atoms with E-state index in [4.69, 9.17) is 23.2 Å². The molecular formula is C12H13Cl2FN4. The lowest BCUT2D eigenvalue weighted by molar-refractivity contribution is 0.574. The number of hydrogen-bond donors (Lipinski definition) is 1. The van der Waals surface area contributed by atoms with Gasteiger partial charge in [-0.05, 0) is 18.6 Å². The molecule has 102 valence electrons. The van der Waals surface area contributed by atoms with Crippen molar-refractivity contribution in [2.75, 3.05) is 5.32 Å². The van der Waals surface area contributed by atoms with Gasteiger partial charge in [-0.25, -0.2) is 14.1 Å². The summed E-state index contributed by atoms with van der Waals surface area (Å²) in [6.07, 6.45) is 2.49. The van der Waals surface area contributed by atoms with E-state index in [1.165, 1.54) is 18.5 Å². The molecule has 0 atom stereocenters. The lowest BCUT2D eigenvalue weighted by atomic mass is 10.3. The molecule has 0 saturated carbocycles. The summed E-state index contributed by atoms with van der Waals surface area (Å²) in [4.78, 5) is 4.16. The van der Waals surface area contributed by atoms with Gasteiger partial charge in [-0.3, -0.25) is 0 Å². The van der Waals surface area contributed by atoms with Crippen LogP contribution in [0.1, 0.15) is 19.2 Å². The van der Waals surface area contributed by atoms with Crippen molar-refractivity contribution in [3.05, 3.63) is 40.1 Å². The number of aryl methyl sites for hydroxylation is 1. The Balaban J connectivity index is 2.08. The smallest absolute Gasteiger partial charge is 0.160 e. The first-order valence-corrected chi connectivity index (χ1v) is 6.62. The summed E-state index contributed by atoms with van der Waals surface area (Å²) in [6.45, 7) is 3.35. The molecule has 1 aromatic carbocycles. The van der Waals surface area contributed by atoms with Crippen molar-refractivity contribution in [2.24, 2.45) is 0 Å². The van der Waals surface area contributed by atoms with Gasteiger partial charge < -0.3 is 5.32 Å². The number of nitrogens with zero attached hydrogens (tertiary/aromatic N) is 3. The van der Waals surface area contributed by atoms with Crippen LogP contribution in [-0.2, 0) is 13.1 Å². The average molecular weight is 303 g/mol. The van der Waals surface area contributed by atoms with Crippen LogP contribution in [0, 0.1) is 5.82 Å². The minimum atomic E-state index is -0.608. The van der Waals surface area contributed by atoms with Gasteiger partial charge in [0.2, 0.25) is 0 Å². The molecule has 1 N–H and O–H groups in total. The molecule has 0 amide bonds. The molecule has 0 radical (unpaired) electrons. The van der Waals surface area contributed by atoms with Crippen LogP contribution in [0.25, 0.3) is 0 Å². The Kier molecular flexibility index (Phi) is 4.61. The molecule has 0 saturated heterocycles. The van der Waals surface area contributed by atoms with Crippen LogP contribution in [0.5, 0.6) is 0 Å². The van der Waals surface area contributed by atoms with Gasteiger partial charge in [-0.15, -0.1) is 0 Å². The maximum atomic E-state index is 13.3. The van der Waals surface area contributed by atoms with Crippen LogP contribution in [-0.4, -0.2) is 14.8 Å². The van der Waals surface area contributed by atoms with Gasteiger partial charge in [0, 0.05) is 12.2 Å². The number of anilines is 1. The quantitative estimate of drug-likeness (QED) is 0.856. The van der Waals surface area contributed by atoms with Crippen molar-refractivity contribution in [2.45, 2.75) is 26.4 Å². The zero-order valence-corrected chi connectivity index (χ0v) is 11.8. The summed E-state index contributed by atoms with van der Waals surface area (Å²) < 4.78 is 15.1. The number of nitrogens with one attached hydrogen (secondary N) is 1. The van der Waals surface area contributed by atoms with Crippen molar-refractivity contribution in [3.8, 4) is 0 Å². The van der Waals surface area contributed by atoms with Gasteiger partial charge in [0.05, 0.1) is 16.6 Å². The average Bonchev–Trinajstić information content (AvgIpc) is 2.81. The molecule has 19 heavy (non-hydrogen) atoms.